The summed E-state index contributed by atoms with van der Waals surface area (Å²) in [5, 5.41) is 13.8. The fourth-order valence-corrected chi connectivity index (χ4v) is 3.12. The van der Waals surface area contributed by atoms with Gasteiger partial charge in [-0.25, -0.2) is 0 Å². The van der Waals surface area contributed by atoms with E-state index >= 15 is 0 Å². The summed E-state index contributed by atoms with van der Waals surface area (Å²) in [6.45, 7) is 7.97. The Morgan fingerprint density at radius 1 is 1.21 bits per heavy atom. The summed E-state index contributed by atoms with van der Waals surface area (Å²) in [6.07, 6.45) is 4.31. The molecular formula is C15H27N3O. The molecular weight excluding hydrogens is 238 g/mol. The van der Waals surface area contributed by atoms with Crippen LogP contribution in [-0.2, 0) is 26.4 Å². The number of hydrogen-bond acceptors (Lipinski definition) is 3. The van der Waals surface area contributed by atoms with E-state index in [0.717, 1.165) is 45.3 Å². The van der Waals surface area contributed by atoms with Crippen molar-refractivity contribution in [2.24, 2.45) is 13.0 Å². The highest BCUT2D eigenvalue weighted by atomic mass is 16.3. The number of aromatic nitrogens is 2. The van der Waals surface area contributed by atoms with Crippen LogP contribution in [-0.4, -0.2) is 39.5 Å². The van der Waals surface area contributed by atoms with Crippen molar-refractivity contribution in [3.05, 3.63) is 17.0 Å². The minimum Gasteiger partial charge on any atom is -0.396 e. The molecule has 19 heavy (non-hydrogen) atoms. The fourth-order valence-electron chi connectivity index (χ4n) is 3.12. The van der Waals surface area contributed by atoms with E-state index in [0.29, 0.717) is 12.5 Å². The second kappa shape index (κ2) is 6.53. The summed E-state index contributed by atoms with van der Waals surface area (Å²) in [5.41, 5.74) is 4.07. The molecule has 0 saturated carbocycles. The van der Waals surface area contributed by atoms with Gasteiger partial charge in [0, 0.05) is 31.5 Å². The fraction of sp³-hybridized carbons (Fsp3) is 0.800. The summed E-state index contributed by atoms with van der Waals surface area (Å²) < 4.78 is 2.05. The van der Waals surface area contributed by atoms with Crippen LogP contribution in [0.5, 0.6) is 0 Å². The van der Waals surface area contributed by atoms with E-state index in [-0.39, 0.29) is 0 Å². The topological polar surface area (TPSA) is 41.3 Å². The Bertz CT molecular complexity index is 406. The lowest BCUT2D eigenvalue weighted by Crippen LogP contribution is -2.34. The Hall–Kier alpha value is -0.870. The van der Waals surface area contributed by atoms with E-state index in [2.05, 4.69) is 35.6 Å². The van der Waals surface area contributed by atoms with Gasteiger partial charge in [0.1, 0.15) is 0 Å². The van der Waals surface area contributed by atoms with Gasteiger partial charge in [0.05, 0.1) is 5.69 Å². The van der Waals surface area contributed by atoms with Crippen LogP contribution in [0.3, 0.4) is 0 Å². The van der Waals surface area contributed by atoms with Crippen LogP contribution >= 0.6 is 0 Å². The Morgan fingerprint density at radius 3 is 2.42 bits per heavy atom. The number of rotatable bonds is 5. The molecule has 0 atom stereocenters. The van der Waals surface area contributed by atoms with Crippen molar-refractivity contribution in [1.29, 1.82) is 0 Å². The van der Waals surface area contributed by atoms with Gasteiger partial charge in [-0.2, -0.15) is 5.10 Å². The molecule has 4 heteroatoms. The van der Waals surface area contributed by atoms with Crippen molar-refractivity contribution >= 4 is 0 Å². The molecule has 2 rings (SSSR count). The Balaban J connectivity index is 2.06. The summed E-state index contributed by atoms with van der Waals surface area (Å²) in [6, 6.07) is 0. The van der Waals surface area contributed by atoms with E-state index in [1.54, 1.807) is 0 Å². The number of nitrogens with zero attached hydrogens (tertiary/aromatic N) is 3. The number of piperidine rings is 1. The summed E-state index contributed by atoms with van der Waals surface area (Å²) in [5.74, 6) is 0.515. The lowest BCUT2D eigenvalue weighted by Gasteiger charge is -2.31. The van der Waals surface area contributed by atoms with Gasteiger partial charge in [-0.1, -0.05) is 13.8 Å². The third kappa shape index (κ3) is 3.18. The average Bonchev–Trinajstić information content (AvgIpc) is 2.75. The average molecular weight is 265 g/mol. The molecule has 0 radical (unpaired) electrons. The smallest absolute Gasteiger partial charge is 0.0669 e. The van der Waals surface area contributed by atoms with Crippen LogP contribution < -0.4 is 0 Å². The van der Waals surface area contributed by atoms with Crippen LogP contribution in [0.15, 0.2) is 0 Å². The third-order valence-electron chi connectivity index (χ3n) is 4.37. The highest BCUT2D eigenvalue weighted by molar-refractivity contribution is 5.26. The van der Waals surface area contributed by atoms with Crippen molar-refractivity contribution in [2.75, 3.05) is 19.7 Å². The zero-order valence-electron chi connectivity index (χ0n) is 12.5. The molecule has 1 aliphatic heterocycles. The highest BCUT2D eigenvalue weighted by Crippen LogP contribution is 2.22. The zero-order chi connectivity index (χ0) is 13.8. The normalized spacial score (nSPS) is 18.1. The molecule has 4 nitrogen and oxygen atoms in total. The Labute approximate surface area is 116 Å². The molecule has 1 aromatic rings. The molecule has 1 fully saturated rings. The first-order valence-electron chi connectivity index (χ1n) is 7.56. The number of likely N-dealkylation sites (tertiary alicyclic amines) is 1. The van der Waals surface area contributed by atoms with Crippen LogP contribution in [0.25, 0.3) is 0 Å². The molecule has 108 valence electrons. The van der Waals surface area contributed by atoms with E-state index in [1.807, 2.05) is 0 Å². The lowest BCUT2D eigenvalue weighted by atomic mass is 9.97. The summed E-state index contributed by atoms with van der Waals surface area (Å²) in [7, 11) is 2.06. The maximum absolute atomic E-state index is 9.20. The highest BCUT2D eigenvalue weighted by Gasteiger charge is 2.21. The van der Waals surface area contributed by atoms with Gasteiger partial charge in [-0.3, -0.25) is 9.58 Å². The largest absolute Gasteiger partial charge is 0.396 e. The molecule has 0 spiro atoms. The minimum atomic E-state index is 0.348. The SMILES string of the molecule is CCc1nn(C)c(CC)c1CN1CCC(CO)CC1. The van der Waals surface area contributed by atoms with Gasteiger partial charge in [0.2, 0.25) is 0 Å². The summed E-state index contributed by atoms with van der Waals surface area (Å²) >= 11 is 0. The molecule has 1 N–H and O–H groups in total. The van der Waals surface area contributed by atoms with Gasteiger partial charge >= 0.3 is 0 Å². The second-order valence-corrected chi connectivity index (χ2v) is 5.60. The summed E-state index contributed by atoms with van der Waals surface area (Å²) in [4.78, 5) is 2.52. The van der Waals surface area contributed by atoms with Gasteiger partial charge in [-0.15, -0.1) is 0 Å². The van der Waals surface area contributed by atoms with Crippen molar-refractivity contribution in [3.63, 3.8) is 0 Å². The molecule has 0 unspecified atom stereocenters. The van der Waals surface area contributed by atoms with Gasteiger partial charge in [0.25, 0.3) is 0 Å². The van der Waals surface area contributed by atoms with Crippen molar-refractivity contribution < 1.29 is 5.11 Å². The van der Waals surface area contributed by atoms with Gasteiger partial charge in [0.15, 0.2) is 0 Å². The van der Waals surface area contributed by atoms with E-state index < -0.39 is 0 Å². The van der Waals surface area contributed by atoms with E-state index in [4.69, 9.17) is 0 Å². The van der Waals surface area contributed by atoms with E-state index in [1.165, 1.54) is 17.0 Å². The van der Waals surface area contributed by atoms with Crippen LogP contribution in [0.4, 0.5) is 0 Å². The maximum Gasteiger partial charge on any atom is 0.0669 e. The predicted octanol–water partition coefficient (Wildman–Crippen LogP) is 1.75. The number of aryl methyl sites for hydroxylation is 2. The maximum atomic E-state index is 9.20. The molecule has 0 aliphatic carbocycles. The zero-order valence-corrected chi connectivity index (χ0v) is 12.5. The lowest BCUT2D eigenvalue weighted by molar-refractivity contribution is 0.127. The predicted molar refractivity (Wildman–Crippen MR) is 77.1 cm³/mol. The monoisotopic (exact) mass is 265 g/mol. The van der Waals surface area contributed by atoms with Crippen molar-refractivity contribution in [2.45, 2.75) is 46.1 Å². The van der Waals surface area contributed by atoms with E-state index in [9.17, 15) is 5.11 Å². The minimum absolute atomic E-state index is 0.348. The second-order valence-electron chi connectivity index (χ2n) is 5.60. The molecule has 1 aromatic heterocycles. The third-order valence-corrected chi connectivity index (χ3v) is 4.37. The van der Waals surface area contributed by atoms with Crippen LogP contribution in [0.2, 0.25) is 0 Å². The first-order chi connectivity index (χ1) is 9.19. The van der Waals surface area contributed by atoms with Crippen LogP contribution in [0, 0.1) is 5.92 Å². The first kappa shape index (κ1) is 14.5. The molecule has 0 bridgehead atoms. The Kier molecular flexibility index (Phi) is 4.99. The molecule has 0 amide bonds. The quantitative estimate of drug-likeness (QED) is 0.882. The van der Waals surface area contributed by atoms with Gasteiger partial charge in [-0.05, 0) is 44.7 Å². The first-order valence-corrected chi connectivity index (χ1v) is 7.56. The molecule has 0 aromatic carbocycles. The molecule has 2 heterocycles. The number of aliphatic hydroxyl groups is 1. The standard InChI is InChI=1S/C15H27N3O/c1-4-14-13(15(5-2)17(3)16-14)10-18-8-6-12(11-19)7-9-18/h12,19H,4-11H2,1-3H3. The molecule has 1 aliphatic rings. The number of hydrogen-bond donors (Lipinski definition) is 1. The van der Waals surface area contributed by atoms with Crippen LogP contribution in [0.1, 0.15) is 43.6 Å². The van der Waals surface area contributed by atoms with Crippen molar-refractivity contribution in [1.82, 2.24) is 14.7 Å². The Morgan fingerprint density at radius 2 is 1.89 bits per heavy atom. The molecule has 1 saturated heterocycles. The van der Waals surface area contributed by atoms with Gasteiger partial charge < -0.3 is 5.11 Å². The van der Waals surface area contributed by atoms with Crippen molar-refractivity contribution in [3.8, 4) is 0 Å². The number of aliphatic hydroxyl groups excluding tert-OH is 1.